The number of thiocarbonyl (C=S) groups is 1. The van der Waals surface area contributed by atoms with Crippen molar-refractivity contribution < 1.29 is 4.79 Å². The van der Waals surface area contributed by atoms with E-state index >= 15 is 0 Å². The van der Waals surface area contributed by atoms with Gasteiger partial charge < -0.3 is 10.6 Å². The molecule has 0 radical (unpaired) electrons. The molecule has 1 saturated carbocycles. The van der Waals surface area contributed by atoms with E-state index in [1.54, 1.807) is 6.92 Å². The molecular weight excluding hydrogens is 292 g/mol. The van der Waals surface area contributed by atoms with Crippen LogP contribution in [0.4, 0.5) is 0 Å². The molecular formula is C18H26N2OS. The van der Waals surface area contributed by atoms with Crippen LogP contribution >= 0.6 is 12.2 Å². The van der Waals surface area contributed by atoms with Crippen LogP contribution in [0.15, 0.2) is 18.2 Å². The van der Waals surface area contributed by atoms with E-state index in [0.29, 0.717) is 12.6 Å². The molecule has 0 spiro atoms. The van der Waals surface area contributed by atoms with Crippen LogP contribution in [0.3, 0.4) is 0 Å². The third-order valence-corrected chi connectivity index (χ3v) is 4.65. The summed E-state index contributed by atoms with van der Waals surface area (Å²) in [5.74, 6) is 0.126. The van der Waals surface area contributed by atoms with Crippen LogP contribution in [0.25, 0.3) is 0 Å². The van der Waals surface area contributed by atoms with Crippen molar-refractivity contribution in [3.05, 3.63) is 34.9 Å². The van der Waals surface area contributed by atoms with E-state index in [0.717, 1.165) is 28.2 Å². The molecule has 3 nitrogen and oxygen atoms in total. The molecule has 0 bridgehead atoms. The summed E-state index contributed by atoms with van der Waals surface area (Å²) in [5.41, 5.74) is 3.11. The zero-order chi connectivity index (χ0) is 15.9. The normalized spacial score (nSPS) is 15.4. The Morgan fingerprint density at radius 2 is 2.00 bits per heavy atom. The monoisotopic (exact) mass is 318 g/mol. The van der Waals surface area contributed by atoms with Gasteiger partial charge in [-0.15, -0.1) is 0 Å². The highest BCUT2D eigenvalue weighted by atomic mass is 32.1. The molecule has 0 atom stereocenters. The molecule has 1 aliphatic rings. The van der Waals surface area contributed by atoms with Gasteiger partial charge in [0.2, 0.25) is 0 Å². The Balaban J connectivity index is 1.94. The van der Waals surface area contributed by atoms with Crippen molar-refractivity contribution in [2.45, 2.75) is 65.0 Å². The third-order valence-electron chi connectivity index (χ3n) is 4.39. The van der Waals surface area contributed by atoms with Gasteiger partial charge in [-0.2, -0.15) is 0 Å². The van der Waals surface area contributed by atoms with Gasteiger partial charge in [0, 0.05) is 18.2 Å². The van der Waals surface area contributed by atoms with Gasteiger partial charge in [0.05, 0.1) is 0 Å². The summed E-state index contributed by atoms with van der Waals surface area (Å²) in [4.78, 5) is 11.7. The Labute approximate surface area is 138 Å². The lowest BCUT2D eigenvalue weighted by Gasteiger charge is -2.24. The molecule has 0 heterocycles. The number of nitrogens with one attached hydrogen (secondary N) is 2. The summed E-state index contributed by atoms with van der Waals surface area (Å²) in [7, 11) is 0. The first-order valence-electron chi connectivity index (χ1n) is 8.28. The maximum atomic E-state index is 11.7. The van der Waals surface area contributed by atoms with E-state index < -0.39 is 0 Å². The van der Waals surface area contributed by atoms with Crippen molar-refractivity contribution >= 4 is 23.1 Å². The average Bonchev–Trinajstić information content (AvgIpc) is 2.53. The Bertz CT molecular complexity index is 536. The predicted molar refractivity (Wildman–Crippen MR) is 95.3 cm³/mol. The van der Waals surface area contributed by atoms with Gasteiger partial charge in [-0.05, 0) is 49.5 Å². The van der Waals surface area contributed by atoms with Gasteiger partial charge in [0.1, 0.15) is 0 Å². The van der Waals surface area contributed by atoms with E-state index in [4.69, 9.17) is 12.2 Å². The summed E-state index contributed by atoms with van der Waals surface area (Å²) in [6.07, 6.45) is 7.21. The molecule has 0 unspecified atom stereocenters. The number of carbonyl (C=O) groups is 1. The molecule has 120 valence electrons. The van der Waals surface area contributed by atoms with E-state index in [2.05, 4.69) is 23.6 Å². The molecule has 1 fully saturated rings. The number of carbonyl (C=O) groups excluding carboxylic acids is 1. The smallest absolute Gasteiger partial charge is 0.166 e. The Hall–Kier alpha value is -1.42. The minimum Gasteiger partial charge on any atom is -0.360 e. The van der Waals surface area contributed by atoms with E-state index in [1.165, 1.54) is 32.1 Å². The first-order valence-corrected chi connectivity index (χ1v) is 8.68. The second-order valence-electron chi connectivity index (χ2n) is 6.01. The highest BCUT2D eigenvalue weighted by Crippen LogP contribution is 2.18. The summed E-state index contributed by atoms with van der Waals surface area (Å²) in [5, 5.41) is 7.44. The quantitative estimate of drug-likeness (QED) is 0.641. The van der Waals surface area contributed by atoms with Gasteiger partial charge >= 0.3 is 0 Å². The molecule has 4 heteroatoms. The van der Waals surface area contributed by atoms with E-state index in [9.17, 15) is 4.79 Å². The second kappa shape index (κ2) is 8.28. The van der Waals surface area contributed by atoms with Crippen LogP contribution in [0.1, 0.15) is 67.4 Å². The van der Waals surface area contributed by atoms with Crippen LogP contribution in [0, 0.1) is 0 Å². The largest absolute Gasteiger partial charge is 0.360 e. The molecule has 0 aromatic heterocycles. The zero-order valence-corrected chi connectivity index (χ0v) is 14.4. The van der Waals surface area contributed by atoms with Crippen molar-refractivity contribution in [2.75, 3.05) is 0 Å². The Morgan fingerprint density at radius 1 is 1.27 bits per heavy atom. The lowest BCUT2D eigenvalue weighted by atomic mass is 9.95. The third kappa shape index (κ3) is 4.54. The molecule has 0 aliphatic heterocycles. The summed E-state index contributed by atoms with van der Waals surface area (Å²) in [6.45, 7) is 4.38. The molecule has 1 aromatic rings. The van der Waals surface area contributed by atoms with Gasteiger partial charge in [-0.3, -0.25) is 4.79 Å². The average molecular weight is 318 g/mol. The molecule has 2 N–H and O–H groups in total. The molecule has 1 aromatic carbocycles. The van der Waals surface area contributed by atoms with Crippen molar-refractivity contribution in [3.63, 3.8) is 0 Å². The van der Waals surface area contributed by atoms with E-state index in [1.807, 2.05) is 12.1 Å². The Kier molecular flexibility index (Phi) is 6.37. The van der Waals surface area contributed by atoms with Crippen LogP contribution in [-0.2, 0) is 13.0 Å². The minimum absolute atomic E-state index is 0.126. The number of benzene rings is 1. The lowest BCUT2D eigenvalue weighted by Crippen LogP contribution is -2.42. The zero-order valence-electron chi connectivity index (χ0n) is 13.6. The SMILES string of the molecule is CCc1c(CNC(=S)NC2CCCCC2)cccc1C(C)=O. The number of hydrogen-bond donors (Lipinski definition) is 2. The highest BCUT2D eigenvalue weighted by molar-refractivity contribution is 7.80. The van der Waals surface area contributed by atoms with Crippen LogP contribution in [-0.4, -0.2) is 16.9 Å². The van der Waals surface area contributed by atoms with Crippen molar-refractivity contribution in [1.29, 1.82) is 0 Å². The fourth-order valence-corrected chi connectivity index (χ4v) is 3.45. The molecule has 0 amide bonds. The Morgan fingerprint density at radius 3 is 2.64 bits per heavy atom. The number of Topliss-reactive ketones (excluding diaryl/α,β-unsaturated/α-hetero) is 1. The van der Waals surface area contributed by atoms with Crippen molar-refractivity contribution in [1.82, 2.24) is 10.6 Å². The predicted octanol–water partition coefficient (Wildman–Crippen LogP) is 3.75. The minimum atomic E-state index is 0.126. The summed E-state index contributed by atoms with van der Waals surface area (Å²) in [6, 6.07) is 6.44. The number of hydrogen-bond acceptors (Lipinski definition) is 2. The highest BCUT2D eigenvalue weighted by Gasteiger charge is 2.14. The number of rotatable bonds is 5. The molecule has 1 aliphatic carbocycles. The first kappa shape index (κ1) is 16.9. The second-order valence-corrected chi connectivity index (χ2v) is 6.42. The molecule has 2 rings (SSSR count). The molecule has 22 heavy (non-hydrogen) atoms. The van der Waals surface area contributed by atoms with Crippen molar-refractivity contribution in [3.8, 4) is 0 Å². The summed E-state index contributed by atoms with van der Waals surface area (Å²) >= 11 is 5.41. The van der Waals surface area contributed by atoms with Crippen molar-refractivity contribution in [2.24, 2.45) is 0 Å². The standard InChI is InChI=1S/C18H26N2OS/c1-3-16-14(8-7-11-17(16)13(2)21)12-19-18(22)20-15-9-5-4-6-10-15/h7-8,11,15H,3-6,9-10,12H2,1-2H3,(H2,19,20,22). The fraction of sp³-hybridized carbons (Fsp3) is 0.556. The van der Waals surface area contributed by atoms with E-state index in [-0.39, 0.29) is 5.78 Å². The lowest BCUT2D eigenvalue weighted by molar-refractivity contribution is 0.101. The molecule has 0 saturated heterocycles. The van der Waals surface area contributed by atoms with Gasteiger partial charge in [0.25, 0.3) is 0 Å². The van der Waals surface area contributed by atoms with Gasteiger partial charge in [-0.25, -0.2) is 0 Å². The maximum absolute atomic E-state index is 11.7. The van der Waals surface area contributed by atoms with Crippen LogP contribution in [0.5, 0.6) is 0 Å². The van der Waals surface area contributed by atoms with Gasteiger partial charge in [0.15, 0.2) is 10.9 Å². The van der Waals surface area contributed by atoms with Gasteiger partial charge in [-0.1, -0.05) is 44.4 Å². The summed E-state index contributed by atoms with van der Waals surface area (Å²) < 4.78 is 0. The maximum Gasteiger partial charge on any atom is 0.166 e. The fourth-order valence-electron chi connectivity index (χ4n) is 3.21. The number of ketones is 1. The van der Waals surface area contributed by atoms with Crippen LogP contribution < -0.4 is 10.6 Å². The first-order chi connectivity index (χ1) is 10.6. The van der Waals surface area contributed by atoms with Crippen LogP contribution in [0.2, 0.25) is 0 Å². The topological polar surface area (TPSA) is 41.1 Å².